The summed E-state index contributed by atoms with van der Waals surface area (Å²) >= 11 is 2.20. The van der Waals surface area contributed by atoms with E-state index in [1.54, 1.807) is 19.1 Å². The van der Waals surface area contributed by atoms with E-state index in [1.807, 2.05) is 42.5 Å². The minimum atomic E-state index is -0.483. The summed E-state index contributed by atoms with van der Waals surface area (Å²) in [4.78, 5) is 12.1. The average molecular weight is 352 g/mol. The number of carbonyl (C=O) groups excluding carboxylic acids is 1. The van der Waals surface area contributed by atoms with Crippen LogP contribution in [0.3, 0.4) is 0 Å². The minimum Gasteiger partial charge on any atom is -0.481 e. The summed E-state index contributed by atoms with van der Waals surface area (Å²) in [5.74, 6) is 0.741. The van der Waals surface area contributed by atoms with E-state index in [-0.39, 0.29) is 5.78 Å². The highest BCUT2D eigenvalue weighted by Gasteiger charge is 2.17. The Kier molecular flexibility index (Phi) is 4.36. The predicted molar refractivity (Wildman–Crippen MR) is 80.0 cm³/mol. The molecule has 0 aliphatic carbocycles. The Bertz CT molecular complexity index is 537. The van der Waals surface area contributed by atoms with Gasteiger partial charge >= 0.3 is 0 Å². The first-order chi connectivity index (χ1) is 8.68. The van der Waals surface area contributed by atoms with E-state index >= 15 is 0 Å². The molecule has 0 fully saturated rings. The number of rotatable bonds is 4. The molecule has 2 aromatic rings. The first-order valence-electron chi connectivity index (χ1n) is 5.69. The molecule has 2 rings (SSSR count). The van der Waals surface area contributed by atoms with Crippen molar-refractivity contribution < 1.29 is 9.53 Å². The molecule has 1 atom stereocenters. The largest absolute Gasteiger partial charge is 0.481 e. The van der Waals surface area contributed by atoms with Crippen molar-refractivity contribution in [1.82, 2.24) is 0 Å². The molecule has 2 aromatic carbocycles. The summed E-state index contributed by atoms with van der Waals surface area (Å²) in [5, 5.41) is 0. The van der Waals surface area contributed by atoms with Crippen LogP contribution in [0.1, 0.15) is 17.3 Å². The van der Waals surface area contributed by atoms with Crippen molar-refractivity contribution in [3.05, 3.63) is 63.7 Å². The van der Waals surface area contributed by atoms with Crippen LogP contribution >= 0.6 is 22.6 Å². The number of ether oxygens (including phenoxy) is 1. The zero-order chi connectivity index (χ0) is 13.0. The van der Waals surface area contributed by atoms with Gasteiger partial charge in [0.25, 0.3) is 0 Å². The topological polar surface area (TPSA) is 26.3 Å². The van der Waals surface area contributed by atoms with Crippen LogP contribution in [0.5, 0.6) is 5.75 Å². The fourth-order valence-electron chi connectivity index (χ4n) is 1.62. The summed E-state index contributed by atoms with van der Waals surface area (Å²) in [6.45, 7) is 1.78. The van der Waals surface area contributed by atoms with E-state index in [9.17, 15) is 4.79 Å². The molecule has 0 radical (unpaired) electrons. The Morgan fingerprint density at radius 3 is 2.33 bits per heavy atom. The molecule has 0 bridgehead atoms. The number of ketones is 1. The third kappa shape index (κ3) is 3.10. The van der Waals surface area contributed by atoms with Gasteiger partial charge in [-0.25, -0.2) is 0 Å². The van der Waals surface area contributed by atoms with Crippen LogP contribution in [0.2, 0.25) is 0 Å². The molecule has 0 heterocycles. The Labute approximate surface area is 120 Å². The zero-order valence-electron chi connectivity index (χ0n) is 9.97. The smallest absolute Gasteiger partial charge is 0.202 e. The van der Waals surface area contributed by atoms with Gasteiger partial charge in [-0.3, -0.25) is 4.79 Å². The van der Waals surface area contributed by atoms with Crippen molar-refractivity contribution in [2.45, 2.75) is 13.0 Å². The number of Topliss-reactive ketones (excluding diaryl/α,β-unsaturated/α-hetero) is 1. The Morgan fingerprint density at radius 2 is 1.67 bits per heavy atom. The van der Waals surface area contributed by atoms with Crippen LogP contribution in [0, 0.1) is 3.57 Å². The molecule has 0 N–H and O–H groups in total. The molecule has 0 aliphatic rings. The lowest BCUT2D eigenvalue weighted by atomic mass is 10.1. The van der Waals surface area contributed by atoms with Crippen molar-refractivity contribution in [2.24, 2.45) is 0 Å². The van der Waals surface area contributed by atoms with Crippen LogP contribution < -0.4 is 4.74 Å². The summed E-state index contributed by atoms with van der Waals surface area (Å²) in [6, 6.07) is 16.9. The molecular weight excluding hydrogens is 339 g/mol. The van der Waals surface area contributed by atoms with Crippen molar-refractivity contribution in [3.8, 4) is 5.75 Å². The first-order valence-corrected chi connectivity index (χ1v) is 6.77. The Morgan fingerprint density at radius 1 is 1.06 bits per heavy atom. The normalized spacial score (nSPS) is 11.9. The van der Waals surface area contributed by atoms with Gasteiger partial charge in [-0.15, -0.1) is 0 Å². The lowest BCUT2D eigenvalue weighted by Crippen LogP contribution is -2.24. The van der Waals surface area contributed by atoms with Crippen LogP contribution in [0.25, 0.3) is 0 Å². The van der Waals surface area contributed by atoms with Gasteiger partial charge in [0.2, 0.25) is 5.78 Å². The molecule has 1 unspecified atom stereocenters. The van der Waals surface area contributed by atoms with Gasteiger partial charge in [-0.05, 0) is 41.6 Å². The quantitative estimate of drug-likeness (QED) is 0.616. The van der Waals surface area contributed by atoms with Crippen molar-refractivity contribution in [3.63, 3.8) is 0 Å². The summed E-state index contributed by atoms with van der Waals surface area (Å²) in [6.07, 6.45) is -0.483. The van der Waals surface area contributed by atoms with E-state index in [1.165, 1.54) is 0 Å². The molecule has 0 spiro atoms. The molecule has 18 heavy (non-hydrogen) atoms. The third-order valence-corrected chi connectivity index (χ3v) is 3.46. The maximum Gasteiger partial charge on any atom is 0.202 e. The van der Waals surface area contributed by atoms with Crippen LogP contribution in [0.4, 0.5) is 0 Å². The van der Waals surface area contributed by atoms with Crippen molar-refractivity contribution >= 4 is 28.4 Å². The monoisotopic (exact) mass is 352 g/mol. The molecule has 0 saturated carbocycles. The molecule has 0 aliphatic heterocycles. The second-order valence-corrected chi connectivity index (χ2v) is 5.08. The number of para-hydroxylation sites is 1. The molecule has 3 heteroatoms. The van der Waals surface area contributed by atoms with Crippen LogP contribution in [0.15, 0.2) is 54.6 Å². The molecule has 0 aromatic heterocycles. The van der Waals surface area contributed by atoms with Crippen LogP contribution in [-0.4, -0.2) is 11.9 Å². The average Bonchev–Trinajstić information content (AvgIpc) is 2.41. The molecule has 0 amide bonds. The van der Waals surface area contributed by atoms with E-state index in [0.29, 0.717) is 5.56 Å². The summed E-state index contributed by atoms with van der Waals surface area (Å²) in [7, 11) is 0. The molecule has 92 valence electrons. The van der Waals surface area contributed by atoms with E-state index in [4.69, 9.17) is 4.74 Å². The second-order valence-electron chi connectivity index (χ2n) is 3.92. The SMILES string of the molecule is CC(Oc1ccccc1I)C(=O)c1ccccc1. The number of hydrogen-bond acceptors (Lipinski definition) is 2. The molecule has 0 saturated heterocycles. The van der Waals surface area contributed by atoms with Gasteiger partial charge in [0, 0.05) is 5.56 Å². The van der Waals surface area contributed by atoms with Gasteiger partial charge in [-0.1, -0.05) is 42.5 Å². The second kappa shape index (κ2) is 6.00. The first kappa shape index (κ1) is 13.1. The van der Waals surface area contributed by atoms with Gasteiger partial charge in [-0.2, -0.15) is 0 Å². The Balaban J connectivity index is 2.11. The number of carbonyl (C=O) groups is 1. The third-order valence-electron chi connectivity index (χ3n) is 2.57. The van der Waals surface area contributed by atoms with E-state index in [2.05, 4.69) is 22.6 Å². The van der Waals surface area contributed by atoms with Crippen molar-refractivity contribution in [2.75, 3.05) is 0 Å². The molecular formula is C15H13IO2. The lowest BCUT2D eigenvalue weighted by molar-refractivity contribution is 0.0817. The standard InChI is InChI=1S/C15H13IO2/c1-11(15(17)12-7-3-2-4-8-12)18-14-10-6-5-9-13(14)16/h2-11H,1H3. The summed E-state index contributed by atoms with van der Waals surface area (Å²) < 4.78 is 6.71. The maximum absolute atomic E-state index is 12.1. The summed E-state index contributed by atoms with van der Waals surface area (Å²) in [5.41, 5.74) is 0.677. The predicted octanol–water partition coefficient (Wildman–Crippen LogP) is 3.94. The van der Waals surface area contributed by atoms with Gasteiger partial charge in [0.05, 0.1) is 3.57 Å². The maximum atomic E-state index is 12.1. The van der Waals surface area contributed by atoms with Gasteiger partial charge in [0.1, 0.15) is 5.75 Å². The zero-order valence-corrected chi connectivity index (χ0v) is 12.1. The highest BCUT2D eigenvalue weighted by Crippen LogP contribution is 2.21. The van der Waals surface area contributed by atoms with Gasteiger partial charge in [0.15, 0.2) is 6.10 Å². The number of hydrogen-bond donors (Lipinski definition) is 0. The molecule has 2 nitrogen and oxygen atoms in total. The fourth-order valence-corrected chi connectivity index (χ4v) is 2.14. The van der Waals surface area contributed by atoms with Crippen molar-refractivity contribution in [1.29, 1.82) is 0 Å². The fraction of sp³-hybridized carbons (Fsp3) is 0.133. The number of benzene rings is 2. The van der Waals surface area contributed by atoms with Crippen LogP contribution in [-0.2, 0) is 0 Å². The Hall–Kier alpha value is -1.36. The number of halogens is 1. The minimum absolute atomic E-state index is 0.00440. The highest BCUT2D eigenvalue weighted by molar-refractivity contribution is 14.1. The van der Waals surface area contributed by atoms with Gasteiger partial charge < -0.3 is 4.74 Å². The van der Waals surface area contributed by atoms with E-state index < -0.39 is 6.10 Å². The highest BCUT2D eigenvalue weighted by atomic mass is 127. The van der Waals surface area contributed by atoms with E-state index in [0.717, 1.165) is 9.32 Å². The lowest BCUT2D eigenvalue weighted by Gasteiger charge is -2.14.